The molecule has 9 heteroatoms. The van der Waals surface area contributed by atoms with Gasteiger partial charge in [-0.1, -0.05) is 0 Å². The normalized spacial score (nSPS) is 13.5. The van der Waals surface area contributed by atoms with Crippen molar-refractivity contribution in [1.82, 2.24) is 5.32 Å². The lowest BCUT2D eigenvalue weighted by molar-refractivity contribution is -0.143. The molecule has 0 heterocycles. The van der Waals surface area contributed by atoms with Crippen molar-refractivity contribution in [3.63, 3.8) is 0 Å². The lowest BCUT2D eigenvalue weighted by Gasteiger charge is -2.15. The predicted octanol–water partition coefficient (Wildman–Crippen LogP) is -3.37. The van der Waals surface area contributed by atoms with Crippen molar-refractivity contribution in [2.45, 2.75) is 24.9 Å². The van der Waals surface area contributed by atoms with Gasteiger partial charge in [-0.15, -0.1) is 0 Å². The molecule has 2 unspecified atom stereocenters. The van der Waals surface area contributed by atoms with Gasteiger partial charge in [-0.25, -0.2) is 4.79 Å². The van der Waals surface area contributed by atoms with Crippen LogP contribution in [0.2, 0.25) is 0 Å². The number of carbonyl (C=O) groups excluding carboxylic acids is 3. The van der Waals surface area contributed by atoms with E-state index in [1.54, 1.807) is 0 Å². The van der Waals surface area contributed by atoms with Crippen LogP contribution >= 0.6 is 0 Å². The predicted molar refractivity (Wildman–Crippen MR) is 55.2 cm³/mol. The largest absolute Gasteiger partial charge is 0.480 e. The summed E-state index contributed by atoms with van der Waals surface area (Å²) in [5.41, 5.74) is 14.9. The fourth-order valence-electron chi connectivity index (χ4n) is 0.989. The first-order chi connectivity index (χ1) is 7.73. The van der Waals surface area contributed by atoms with Crippen molar-refractivity contribution in [3.8, 4) is 0 Å². The Hall–Kier alpha value is -2.16. The molecule has 0 fully saturated rings. The molecular weight excluding hydrogens is 232 g/mol. The average Bonchev–Trinajstić information content (AvgIpc) is 2.14. The minimum Gasteiger partial charge on any atom is -0.480 e. The average molecular weight is 246 g/mol. The zero-order chi connectivity index (χ0) is 13.6. The maximum absolute atomic E-state index is 11.3. The topological polar surface area (TPSA) is 179 Å². The Morgan fingerprint density at radius 2 is 1.53 bits per heavy atom. The van der Waals surface area contributed by atoms with E-state index in [4.69, 9.17) is 22.3 Å². The highest BCUT2D eigenvalue weighted by atomic mass is 16.4. The second kappa shape index (κ2) is 6.43. The molecule has 0 saturated carbocycles. The third kappa shape index (κ3) is 6.10. The molecule has 0 saturated heterocycles. The highest BCUT2D eigenvalue weighted by molar-refractivity contribution is 5.92. The van der Waals surface area contributed by atoms with Crippen LogP contribution in [0.25, 0.3) is 0 Å². The standard InChI is InChI=1S/C8H14N4O5/c9-3(1-5(10)13)7(15)12-4(8(16)17)2-6(11)14/h3-4H,1-2,9H2,(H2,10,13)(H2,11,14)(H,12,15)(H,16,17). The van der Waals surface area contributed by atoms with Gasteiger partial charge in [0, 0.05) is 0 Å². The SMILES string of the molecule is NC(=O)CC(N)C(=O)NC(CC(N)=O)C(=O)O. The highest BCUT2D eigenvalue weighted by Gasteiger charge is 2.25. The molecule has 0 aromatic carbocycles. The van der Waals surface area contributed by atoms with Crippen LogP contribution in [0.15, 0.2) is 0 Å². The number of rotatable bonds is 7. The summed E-state index contributed by atoms with van der Waals surface area (Å²) in [5, 5.41) is 10.7. The van der Waals surface area contributed by atoms with E-state index in [-0.39, 0.29) is 0 Å². The molecule has 8 N–H and O–H groups in total. The molecule has 0 radical (unpaired) electrons. The molecule has 0 spiro atoms. The van der Waals surface area contributed by atoms with Crippen molar-refractivity contribution in [1.29, 1.82) is 0 Å². The second-order valence-corrected chi connectivity index (χ2v) is 3.35. The number of carbonyl (C=O) groups is 4. The summed E-state index contributed by atoms with van der Waals surface area (Å²) in [5.74, 6) is -4.00. The third-order valence-corrected chi connectivity index (χ3v) is 1.78. The van der Waals surface area contributed by atoms with Crippen LogP contribution in [0.5, 0.6) is 0 Å². The number of carboxylic acid groups (broad SMARTS) is 1. The van der Waals surface area contributed by atoms with E-state index >= 15 is 0 Å². The van der Waals surface area contributed by atoms with Gasteiger partial charge in [-0.3, -0.25) is 14.4 Å². The van der Waals surface area contributed by atoms with Gasteiger partial charge in [0.05, 0.1) is 18.9 Å². The lowest BCUT2D eigenvalue weighted by atomic mass is 10.1. The van der Waals surface area contributed by atoms with Gasteiger partial charge in [0.1, 0.15) is 6.04 Å². The van der Waals surface area contributed by atoms with Crippen LogP contribution in [-0.4, -0.2) is 40.9 Å². The Balaban J connectivity index is 4.44. The monoisotopic (exact) mass is 246 g/mol. The van der Waals surface area contributed by atoms with E-state index in [1.165, 1.54) is 0 Å². The molecule has 0 bridgehead atoms. The summed E-state index contributed by atoms with van der Waals surface area (Å²) in [6.45, 7) is 0. The van der Waals surface area contributed by atoms with Gasteiger partial charge in [0.25, 0.3) is 0 Å². The third-order valence-electron chi connectivity index (χ3n) is 1.78. The Labute approximate surface area is 96.3 Å². The number of amides is 3. The number of aliphatic carboxylic acids is 1. The van der Waals surface area contributed by atoms with Gasteiger partial charge < -0.3 is 27.6 Å². The minimum atomic E-state index is -1.47. The summed E-state index contributed by atoms with van der Waals surface area (Å²) in [6, 6.07) is -2.74. The number of nitrogens with one attached hydrogen (secondary N) is 1. The van der Waals surface area contributed by atoms with Crippen molar-refractivity contribution < 1.29 is 24.3 Å². The lowest BCUT2D eigenvalue weighted by Crippen LogP contribution is -2.50. The molecule has 0 aliphatic rings. The number of hydrogen-bond donors (Lipinski definition) is 5. The number of nitrogens with two attached hydrogens (primary N) is 3. The molecule has 3 amide bonds. The zero-order valence-electron chi connectivity index (χ0n) is 8.88. The maximum Gasteiger partial charge on any atom is 0.326 e. The fourth-order valence-corrected chi connectivity index (χ4v) is 0.989. The molecular formula is C8H14N4O5. The molecule has 17 heavy (non-hydrogen) atoms. The van der Waals surface area contributed by atoms with Crippen LogP contribution in [0.1, 0.15) is 12.8 Å². The van der Waals surface area contributed by atoms with Crippen molar-refractivity contribution >= 4 is 23.7 Å². The summed E-state index contributed by atoms with van der Waals surface area (Å²) in [4.78, 5) is 43.0. The van der Waals surface area contributed by atoms with Crippen LogP contribution in [0, 0.1) is 0 Å². The number of hydrogen-bond acceptors (Lipinski definition) is 5. The van der Waals surface area contributed by atoms with Crippen molar-refractivity contribution in [3.05, 3.63) is 0 Å². The quantitative estimate of drug-likeness (QED) is 0.313. The minimum absolute atomic E-state index is 0.422. The Kier molecular flexibility index (Phi) is 5.61. The molecule has 0 aliphatic carbocycles. The summed E-state index contributed by atoms with van der Waals surface area (Å²) in [6.07, 6.45) is -0.987. The van der Waals surface area contributed by atoms with E-state index in [1.807, 2.05) is 5.32 Å². The smallest absolute Gasteiger partial charge is 0.326 e. The summed E-state index contributed by atoms with van der Waals surface area (Å²) >= 11 is 0. The first-order valence-corrected chi connectivity index (χ1v) is 4.59. The van der Waals surface area contributed by atoms with Crippen LogP contribution in [0.4, 0.5) is 0 Å². The van der Waals surface area contributed by atoms with Gasteiger partial charge in [0.2, 0.25) is 17.7 Å². The molecule has 2 atom stereocenters. The molecule has 0 aromatic rings. The van der Waals surface area contributed by atoms with E-state index in [2.05, 4.69) is 0 Å². The van der Waals surface area contributed by atoms with E-state index in [0.29, 0.717) is 0 Å². The highest BCUT2D eigenvalue weighted by Crippen LogP contribution is 1.95. The molecule has 9 nitrogen and oxygen atoms in total. The second-order valence-electron chi connectivity index (χ2n) is 3.35. The van der Waals surface area contributed by atoms with Crippen LogP contribution < -0.4 is 22.5 Å². The fraction of sp³-hybridized carbons (Fsp3) is 0.500. The first-order valence-electron chi connectivity index (χ1n) is 4.59. The Morgan fingerprint density at radius 3 is 1.88 bits per heavy atom. The maximum atomic E-state index is 11.3. The summed E-state index contributed by atoms with van der Waals surface area (Å²) in [7, 11) is 0. The zero-order valence-corrected chi connectivity index (χ0v) is 8.88. The van der Waals surface area contributed by atoms with E-state index in [0.717, 1.165) is 0 Å². The van der Waals surface area contributed by atoms with E-state index in [9.17, 15) is 19.2 Å². The Morgan fingerprint density at radius 1 is 1.06 bits per heavy atom. The van der Waals surface area contributed by atoms with Crippen LogP contribution in [0.3, 0.4) is 0 Å². The first kappa shape index (κ1) is 14.8. The van der Waals surface area contributed by atoms with Crippen molar-refractivity contribution in [2.75, 3.05) is 0 Å². The number of carboxylic acids is 1. The van der Waals surface area contributed by atoms with Gasteiger partial charge in [-0.05, 0) is 0 Å². The van der Waals surface area contributed by atoms with E-state index < -0.39 is 48.6 Å². The molecule has 0 aliphatic heterocycles. The summed E-state index contributed by atoms with van der Waals surface area (Å²) < 4.78 is 0. The molecule has 0 rings (SSSR count). The number of primary amides is 2. The van der Waals surface area contributed by atoms with Gasteiger partial charge in [0.15, 0.2) is 0 Å². The van der Waals surface area contributed by atoms with Gasteiger partial charge in [-0.2, -0.15) is 0 Å². The molecule has 0 aromatic heterocycles. The Bertz CT molecular complexity index is 343. The van der Waals surface area contributed by atoms with Crippen molar-refractivity contribution in [2.24, 2.45) is 17.2 Å². The van der Waals surface area contributed by atoms with Gasteiger partial charge >= 0.3 is 5.97 Å². The molecule has 96 valence electrons. The van der Waals surface area contributed by atoms with Crippen LogP contribution in [-0.2, 0) is 19.2 Å².